The van der Waals surface area contributed by atoms with Gasteiger partial charge in [-0.15, -0.1) is 12.4 Å². The van der Waals surface area contributed by atoms with Crippen LogP contribution in [0.5, 0.6) is 0 Å². The minimum atomic E-state index is -0.275. The van der Waals surface area contributed by atoms with Gasteiger partial charge in [-0.1, -0.05) is 12.1 Å². The molecule has 2 amide bonds. The second-order valence-electron chi connectivity index (χ2n) is 6.11. The summed E-state index contributed by atoms with van der Waals surface area (Å²) in [6, 6.07) is 6.96. The molecular formula is C17H20ClN5O2. The smallest absolute Gasteiger partial charge is 0.266 e. The van der Waals surface area contributed by atoms with Gasteiger partial charge < -0.3 is 10.2 Å². The summed E-state index contributed by atoms with van der Waals surface area (Å²) in [6.45, 7) is 5.20. The lowest BCUT2D eigenvalue weighted by Gasteiger charge is -2.29. The molecule has 3 heterocycles. The van der Waals surface area contributed by atoms with Crippen molar-refractivity contribution >= 4 is 35.7 Å². The molecule has 132 valence electrons. The van der Waals surface area contributed by atoms with Crippen molar-refractivity contribution in [2.75, 3.05) is 36.0 Å². The maximum absolute atomic E-state index is 12.8. The van der Waals surface area contributed by atoms with Gasteiger partial charge in [0.25, 0.3) is 11.8 Å². The molecule has 1 saturated heterocycles. The molecule has 0 bridgehead atoms. The second kappa shape index (κ2) is 6.50. The van der Waals surface area contributed by atoms with E-state index in [9.17, 15) is 9.59 Å². The molecule has 1 aromatic heterocycles. The first-order chi connectivity index (χ1) is 11.6. The number of imide groups is 1. The molecule has 8 heteroatoms. The lowest BCUT2D eigenvalue weighted by atomic mass is 10.1. The summed E-state index contributed by atoms with van der Waals surface area (Å²) in [5.74, 6) is 0.150. The molecule has 2 aromatic rings. The number of benzene rings is 1. The molecule has 1 aromatic carbocycles. The van der Waals surface area contributed by atoms with Crippen LogP contribution in [0.25, 0.3) is 0 Å². The van der Waals surface area contributed by atoms with Crippen molar-refractivity contribution in [3.63, 3.8) is 0 Å². The number of carbonyl (C=O) groups is 2. The zero-order valence-electron chi connectivity index (χ0n) is 14.2. The van der Waals surface area contributed by atoms with Gasteiger partial charge in [-0.05, 0) is 19.1 Å². The van der Waals surface area contributed by atoms with E-state index in [1.54, 1.807) is 28.9 Å². The maximum Gasteiger partial charge on any atom is 0.266 e. The van der Waals surface area contributed by atoms with E-state index in [0.717, 1.165) is 31.9 Å². The van der Waals surface area contributed by atoms with Gasteiger partial charge in [0.15, 0.2) is 5.82 Å². The number of amides is 2. The van der Waals surface area contributed by atoms with E-state index in [1.165, 1.54) is 4.90 Å². The molecule has 4 rings (SSSR count). The van der Waals surface area contributed by atoms with Gasteiger partial charge >= 0.3 is 0 Å². The third-order valence-electron chi connectivity index (χ3n) is 4.72. The highest BCUT2D eigenvalue weighted by atomic mass is 35.5. The maximum atomic E-state index is 12.8. The van der Waals surface area contributed by atoms with Crippen LogP contribution < -0.4 is 15.1 Å². The molecular weight excluding hydrogens is 342 g/mol. The van der Waals surface area contributed by atoms with Gasteiger partial charge in [-0.25, -0.2) is 4.90 Å². The minimum absolute atomic E-state index is 0. The van der Waals surface area contributed by atoms with Gasteiger partial charge in [0, 0.05) is 33.2 Å². The van der Waals surface area contributed by atoms with Crippen LogP contribution in [0, 0.1) is 6.92 Å². The zero-order chi connectivity index (χ0) is 16.8. The number of aromatic nitrogens is 2. The van der Waals surface area contributed by atoms with Crippen molar-refractivity contribution in [2.45, 2.75) is 6.92 Å². The molecule has 2 aliphatic rings. The second-order valence-corrected chi connectivity index (χ2v) is 6.11. The Bertz CT molecular complexity index is 807. The number of halogens is 1. The molecule has 0 atom stereocenters. The van der Waals surface area contributed by atoms with Gasteiger partial charge in [0.2, 0.25) is 0 Å². The van der Waals surface area contributed by atoms with Crippen LogP contribution in [0.1, 0.15) is 26.4 Å². The highest BCUT2D eigenvalue weighted by Gasteiger charge is 2.40. The number of fused-ring (bicyclic) bond motifs is 1. The highest BCUT2D eigenvalue weighted by Crippen LogP contribution is 2.37. The number of aryl methyl sites for hydroxylation is 1. The van der Waals surface area contributed by atoms with E-state index < -0.39 is 0 Å². The standard InChI is InChI=1S/C17H19N5O2.ClH/c1-11-14(15(19-20(11)2)21-9-7-18-8-10-21)22-16(23)12-5-3-4-6-13(12)17(22)24;/h3-6,18H,7-10H2,1-2H3;1H. The molecule has 1 fully saturated rings. The average Bonchev–Trinajstić information content (AvgIpc) is 3.04. The van der Waals surface area contributed by atoms with E-state index in [4.69, 9.17) is 0 Å². The predicted molar refractivity (Wildman–Crippen MR) is 97.9 cm³/mol. The van der Waals surface area contributed by atoms with Crippen molar-refractivity contribution in [1.82, 2.24) is 15.1 Å². The minimum Gasteiger partial charge on any atom is -0.351 e. The Labute approximate surface area is 152 Å². The van der Waals surface area contributed by atoms with E-state index in [2.05, 4.69) is 15.3 Å². The number of hydrogen-bond acceptors (Lipinski definition) is 5. The molecule has 25 heavy (non-hydrogen) atoms. The molecule has 2 aliphatic heterocycles. The lowest BCUT2D eigenvalue weighted by molar-refractivity contribution is 0.0926. The van der Waals surface area contributed by atoms with Crippen molar-refractivity contribution < 1.29 is 9.59 Å². The number of carbonyl (C=O) groups excluding carboxylic acids is 2. The Morgan fingerprint density at radius 3 is 2.16 bits per heavy atom. The Hall–Kier alpha value is -2.38. The van der Waals surface area contributed by atoms with E-state index in [1.807, 2.05) is 14.0 Å². The summed E-state index contributed by atoms with van der Waals surface area (Å²) in [4.78, 5) is 29.1. The number of anilines is 2. The first-order valence-corrected chi connectivity index (χ1v) is 8.06. The number of nitrogens with zero attached hydrogens (tertiary/aromatic N) is 4. The lowest BCUT2D eigenvalue weighted by Crippen LogP contribution is -2.44. The Balaban J connectivity index is 0.00000182. The van der Waals surface area contributed by atoms with Crippen LogP contribution in [0.3, 0.4) is 0 Å². The monoisotopic (exact) mass is 361 g/mol. The van der Waals surface area contributed by atoms with Gasteiger partial charge in [-0.2, -0.15) is 5.10 Å². The van der Waals surface area contributed by atoms with Gasteiger partial charge in [0.05, 0.1) is 16.8 Å². The molecule has 0 spiro atoms. The first-order valence-electron chi connectivity index (χ1n) is 8.06. The van der Waals surface area contributed by atoms with Crippen molar-refractivity contribution in [3.05, 3.63) is 41.1 Å². The summed E-state index contributed by atoms with van der Waals surface area (Å²) >= 11 is 0. The summed E-state index contributed by atoms with van der Waals surface area (Å²) in [6.07, 6.45) is 0. The summed E-state index contributed by atoms with van der Waals surface area (Å²) in [5.41, 5.74) is 2.32. The number of nitrogens with one attached hydrogen (secondary N) is 1. The quantitative estimate of drug-likeness (QED) is 0.818. The number of piperazine rings is 1. The van der Waals surface area contributed by atoms with E-state index in [-0.39, 0.29) is 24.2 Å². The number of rotatable bonds is 2. The van der Waals surface area contributed by atoms with Gasteiger partial charge in [0.1, 0.15) is 5.69 Å². The Kier molecular flexibility index (Phi) is 4.53. The molecule has 0 saturated carbocycles. The van der Waals surface area contributed by atoms with Crippen LogP contribution in [0.15, 0.2) is 24.3 Å². The zero-order valence-corrected chi connectivity index (χ0v) is 15.0. The largest absolute Gasteiger partial charge is 0.351 e. The Morgan fingerprint density at radius 1 is 1.04 bits per heavy atom. The fourth-order valence-corrected chi connectivity index (χ4v) is 3.32. The fraction of sp³-hybridized carbons (Fsp3) is 0.353. The van der Waals surface area contributed by atoms with E-state index >= 15 is 0 Å². The summed E-state index contributed by atoms with van der Waals surface area (Å²) in [7, 11) is 1.84. The van der Waals surface area contributed by atoms with Crippen LogP contribution in [-0.2, 0) is 7.05 Å². The molecule has 0 unspecified atom stereocenters. The molecule has 1 N–H and O–H groups in total. The fourth-order valence-electron chi connectivity index (χ4n) is 3.32. The topological polar surface area (TPSA) is 70.5 Å². The summed E-state index contributed by atoms with van der Waals surface area (Å²) < 4.78 is 1.73. The van der Waals surface area contributed by atoms with Crippen LogP contribution >= 0.6 is 12.4 Å². The number of hydrogen-bond donors (Lipinski definition) is 1. The first kappa shape index (κ1) is 17.4. The van der Waals surface area contributed by atoms with E-state index in [0.29, 0.717) is 22.6 Å². The average molecular weight is 362 g/mol. The van der Waals surface area contributed by atoms with Crippen molar-refractivity contribution in [3.8, 4) is 0 Å². The highest BCUT2D eigenvalue weighted by molar-refractivity contribution is 6.35. The van der Waals surface area contributed by atoms with Gasteiger partial charge in [-0.3, -0.25) is 14.3 Å². The predicted octanol–water partition coefficient (Wildman–Crippen LogP) is 1.36. The van der Waals surface area contributed by atoms with Crippen LogP contribution in [-0.4, -0.2) is 47.8 Å². The molecule has 7 nitrogen and oxygen atoms in total. The van der Waals surface area contributed by atoms with Crippen molar-refractivity contribution in [2.24, 2.45) is 7.05 Å². The molecule has 0 aliphatic carbocycles. The normalized spacial score (nSPS) is 16.9. The van der Waals surface area contributed by atoms with Crippen molar-refractivity contribution in [1.29, 1.82) is 0 Å². The SMILES string of the molecule is Cc1c(N2C(=O)c3ccccc3C2=O)c(N2CCNCC2)nn1C.Cl. The van der Waals surface area contributed by atoms with Crippen LogP contribution in [0.4, 0.5) is 11.5 Å². The third kappa shape index (κ3) is 2.60. The third-order valence-corrected chi connectivity index (χ3v) is 4.72. The van der Waals surface area contributed by atoms with Crippen LogP contribution in [0.2, 0.25) is 0 Å². The summed E-state index contributed by atoms with van der Waals surface area (Å²) in [5, 5.41) is 7.88. The molecule has 0 radical (unpaired) electrons. The Morgan fingerprint density at radius 2 is 1.60 bits per heavy atom.